The van der Waals surface area contributed by atoms with Crippen LogP contribution < -0.4 is 9.64 Å². The predicted octanol–water partition coefficient (Wildman–Crippen LogP) is 2.90. The summed E-state index contributed by atoms with van der Waals surface area (Å²) in [6.07, 6.45) is 3.30. The highest BCUT2D eigenvalue weighted by Crippen LogP contribution is 2.42. The van der Waals surface area contributed by atoms with Gasteiger partial charge in [0.2, 0.25) is 5.88 Å². The van der Waals surface area contributed by atoms with Crippen molar-refractivity contribution >= 4 is 21.6 Å². The highest BCUT2D eigenvalue weighted by Gasteiger charge is 2.26. The fraction of sp³-hybridized carbons (Fsp3) is 0.435. The highest BCUT2D eigenvalue weighted by atomic mass is 32.1. The molecule has 5 rings (SSSR count). The molecule has 3 aromatic rings. The Bertz CT molecular complexity index is 1110. The van der Waals surface area contributed by atoms with Crippen molar-refractivity contribution < 1.29 is 14.4 Å². The monoisotopic (exact) mass is 421 g/mol. The maximum Gasteiger partial charge on any atom is 0.231 e. The van der Waals surface area contributed by atoms with Crippen molar-refractivity contribution in [2.45, 2.75) is 32.7 Å². The molecule has 0 bridgehead atoms. The molecule has 1 aliphatic carbocycles. The molecule has 2 aromatic heterocycles. The van der Waals surface area contributed by atoms with Crippen molar-refractivity contribution in [3.8, 4) is 17.7 Å². The number of quaternary nitrogens is 1. The van der Waals surface area contributed by atoms with Gasteiger partial charge in [-0.15, -0.1) is 11.3 Å². The van der Waals surface area contributed by atoms with Crippen LogP contribution in [0.4, 0.5) is 0 Å². The van der Waals surface area contributed by atoms with Crippen molar-refractivity contribution in [3.63, 3.8) is 0 Å². The molecule has 2 aliphatic rings. The number of benzene rings is 1. The van der Waals surface area contributed by atoms with Gasteiger partial charge in [0.05, 0.1) is 24.2 Å². The van der Waals surface area contributed by atoms with E-state index in [0.29, 0.717) is 23.1 Å². The summed E-state index contributed by atoms with van der Waals surface area (Å²) in [7, 11) is 0. The van der Waals surface area contributed by atoms with Gasteiger partial charge in [0.15, 0.2) is 5.82 Å². The first-order valence-corrected chi connectivity index (χ1v) is 11.4. The number of hydrogen-bond donors (Lipinski definition) is 1. The number of ether oxygens (including phenoxy) is 2. The molecular formula is C23H25N4O2S+. The third-order valence-electron chi connectivity index (χ3n) is 5.99. The molecule has 1 atom stereocenters. The second kappa shape index (κ2) is 8.31. The van der Waals surface area contributed by atoms with Crippen LogP contribution in [-0.2, 0) is 24.1 Å². The van der Waals surface area contributed by atoms with Crippen molar-refractivity contribution in [3.05, 3.63) is 46.1 Å². The van der Waals surface area contributed by atoms with Gasteiger partial charge in [-0.05, 0) is 42.9 Å². The van der Waals surface area contributed by atoms with Gasteiger partial charge in [-0.3, -0.25) is 0 Å². The zero-order valence-electron chi connectivity index (χ0n) is 17.1. The normalized spacial score (nSPS) is 19.4. The van der Waals surface area contributed by atoms with Gasteiger partial charge >= 0.3 is 0 Å². The third-order valence-corrected chi connectivity index (χ3v) is 7.14. The Balaban J connectivity index is 1.59. The number of nitriles is 1. The lowest BCUT2D eigenvalue weighted by Gasteiger charge is -2.23. The first kappa shape index (κ1) is 19.4. The number of aryl methyl sites for hydroxylation is 1. The van der Waals surface area contributed by atoms with E-state index in [0.717, 1.165) is 61.7 Å². The lowest BCUT2D eigenvalue weighted by atomic mass is 9.89. The largest absolute Gasteiger partial charge is 0.437 e. The van der Waals surface area contributed by atoms with Gasteiger partial charge in [-0.25, -0.2) is 4.98 Å². The third kappa shape index (κ3) is 3.79. The van der Waals surface area contributed by atoms with Crippen molar-refractivity contribution in [2.75, 3.05) is 26.3 Å². The van der Waals surface area contributed by atoms with E-state index < -0.39 is 0 Å². The second-order valence-electron chi connectivity index (χ2n) is 8.23. The van der Waals surface area contributed by atoms with Crippen LogP contribution in [0.25, 0.3) is 10.2 Å². The quantitative estimate of drug-likeness (QED) is 0.701. The Labute approximate surface area is 180 Å². The molecule has 1 saturated heterocycles. The standard InChI is InChI=1S/C23H24N4O2S/c1-15-6-7-17-19(12-15)30-23-21(17)22(29-18-5-3-2-4-16(18)13-24)25-20(26-23)14-27-8-10-28-11-9-27/h2-5,15H,6-12,14H2,1H3/p+1/t15-/m0/s1. The van der Waals surface area contributed by atoms with E-state index in [-0.39, 0.29) is 0 Å². The smallest absolute Gasteiger partial charge is 0.231 e. The van der Waals surface area contributed by atoms with Gasteiger partial charge in [0.1, 0.15) is 36.3 Å². The SMILES string of the molecule is C[C@H]1CCc2c(sc3nc(C[NH+]4CCOCC4)nc(Oc4ccccc4C#N)c23)C1. The van der Waals surface area contributed by atoms with Crippen LogP contribution in [0, 0.1) is 17.2 Å². The van der Waals surface area contributed by atoms with Crippen LogP contribution in [0.15, 0.2) is 24.3 Å². The van der Waals surface area contributed by atoms with E-state index in [2.05, 4.69) is 13.0 Å². The van der Waals surface area contributed by atoms with Gasteiger partial charge in [-0.1, -0.05) is 19.1 Å². The van der Waals surface area contributed by atoms with Crippen LogP contribution in [0.2, 0.25) is 0 Å². The zero-order chi connectivity index (χ0) is 20.5. The number of fused-ring (bicyclic) bond motifs is 3. The summed E-state index contributed by atoms with van der Waals surface area (Å²) in [5.41, 5.74) is 1.85. The first-order valence-electron chi connectivity index (χ1n) is 10.6. The summed E-state index contributed by atoms with van der Waals surface area (Å²) < 4.78 is 11.8. The number of aromatic nitrogens is 2. The van der Waals surface area contributed by atoms with E-state index in [1.54, 1.807) is 17.4 Å². The summed E-state index contributed by atoms with van der Waals surface area (Å²) in [6, 6.07) is 9.57. The summed E-state index contributed by atoms with van der Waals surface area (Å²) in [6.45, 7) is 6.56. The van der Waals surface area contributed by atoms with E-state index >= 15 is 0 Å². The molecule has 0 spiro atoms. The lowest BCUT2D eigenvalue weighted by molar-refractivity contribution is -0.922. The average Bonchev–Trinajstić information content (AvgIpc) is 3.12. The molecule has 1 aliphatic heterocycles. The molecule has 0 unspecified atom stereocenters. The Kier molecular flexibility index (Phi) is 5.38. The lowest BCUT2D eigenvalue weighted by Crippen LogP contribution is -3.12. The predicted molar refractivity (Wildman–Crippen MR) is 115 cm³/mol. The number of rotatable bonds is 4. The van der Waals surface area contributed by atoms with Crippen molar-refractivity contribution in [2.24, 2.45) is 5.92 Å². The fourth-order valence-electron chi connectivity index (χ4n) is 4.32. The van der Waals surface area contributed by atoms with Crippen LogP contribution in [-0.4, -0.2) is 36.3 Å². The minimum atomic E-state index is 0.516. The second-order valence-corrected chi connectivity index (χ2v) is 9.31. The molecule has 1 N–H and O–H groups in total. The Morgan fingerprint density at radius 1 is 1.27 bits per heavy atom. The molecule has 30 heavy (non-hydrogen) atoms. The van der Waals surface area contributed by atoms with Gasteiger partial charge in [-0.2, -0.15) is 10.2 Å². The summed E-state index contributed by atoms with van der Waals surface area (Å²) >= 11 is 1.78. The van der Waals surface area contributed by atoms with Crippen molar-refractivity contribution in [1.82, 2.24) is 9.97 Å². The molecule has 6 nitrogen and oxygen atoms in total. The zero-order valence-corrected chi connectivity index (χ0v) is 17.9. The molecule has 1 fully saturated rings. The molecular weight excluding hydrogens is 396 g/mol. The molecule has 0 amide bonds. The van der Waals surface area contributed by atoms with E-state index in [4.69, 9.17) is 19.4 Å². The van der Waals surface area contributed by atoms with E-state index in [9.17, 15) is 5.26 Å². The minimum absolute atomic E-state index is 0.516. The highest BCUT2D eigenvalue weighted by molar-refractivity contribution is 7.18. The summed E-state index contributed by atoms with van der Waals surface area (Å²) in [5, 5.41) is 10.5. The van der Waals surface area contributed by atoms with Gasteiger partial charge in [0.25, 0.3) is 0 Å². The number of thiophene rings is 1. The molecule has 154 valence electrons. The first-order chi connectivity index (χ1) is 14.7. The molecule has 1 aromatic carbocycles. The summed E-state index contributed by atoms with van der Waals surface area (Å²) in [5.74, 6) is 2.64. The number of para-hydroxylation sites is 1. The summed E-state index contributed by atoms with van der Waals surface area (Å²) in [4.78, 5) is 13.7. The maximum absolute atomic E-state index is 9.49. The molecule has 0 radical (unpaired) electrons. The molecule has 3 heterocycles. The van der Waals surface area contributed by atoms with E-state index in [1.807, 2.05) is 18.2 Å². The Morgan fingerprint density at radius 3 is 2.93 bits per heavy atom. The Morgan fingerprint density at radius 2 is 2.10 bits per heavy atom. The number of morpholine rings is 1. The van der Waals surface area contributed by atoms with Crippen LogP contribution >= 0.6 is 11.3 Å². The maximum atomic E-state index is 9.49. The van der Waals surface area contributed by atoms with E-state index in [1.165, 1.54) is 21.8 Å². The van der Waals surface area contributed by atoms with Crippen LogP contribution in [0.5, 0.6) is 11.6 Å². The van der Waals surface area contributed by atoms with Gasteiger partial charge < -0.3 is 14.4 Å². The Hall–Kier alpha value is -2.53. The van der Waals surface area contributed by atoms with Gasteiger partial charge in [0, 0.05) is 4.88 Å². The molecule has 7 heteroatoms. The van der Waals surface area contributed by atoms with Crippen LogP contribution in [0.3, 0.4) is 0 Å². The molecule has 0 saturated carbocycles. The van der Waals surface area contributed by atoms with Crippen molar-refractivity contribution in [1.29, 1.82) is 5.26 Å². The minimum Gasteiger partial charge on any atom is -0.437 e. The number of nitrogens with zero attached hydrogens (tertiary/aromatic N) is 3. The number of hydrogen-bond acceptors (Lipinski definition) is 6. The average molecular weight is 422 g/mol. The number of nitrogens with one attached hydrogen (secondary N) is 1. The topological polar surface area (TPSA) is 72.5 Å². The van der Waals surface area contributed by atoms with Crippen LogP contribution in [0.1, 0.15) is 35.2 Å². The fourth-order valence-corrected chi connectivity index (χ4v) is 5.71.